The lowest BCUT2D eigenvalue weighted by Gasteiger charge is -2.28. The Labute approximate surface area is 201 Å². The molecule has 1 saturated heterocycles. The molecule has 1 amide bonds. The monoisotopic (exact) mass is 463 g/mol. The van der Waals surface area contributed by atoms with E-state index < -0.39 is 5.60 Å². The van der Waals surface area contributed by atoms with Gasteiger partial charge in [0.05, 0.1) is 6.04 Å². The lowest BCUT2D eigenvalue weighted by molar-refractivity contribution is 0.0187. The molecule has 0 N–H and O–H groups in total. The first-order chi connectivity index (χ1) is 15.8. The van der Waals surface area contributed by atoms with Gasteiger partial charge < -0.3 is 14.4 Å². The molecule has 3 aromatic rings. The van der Waals surface area contributed by atoms with E-state index >= 15 is 0 Å². The summed E-state index contributed by atoms with van der Waals surface area (Å²) >= 11 is 1.83. The van der Waals surface area contributed by atoms with Crippen molar-refractivity contribution in [3.8, 4) is 16.2 Å². The molecule has 33 heavy (non-hydrogen) atoms. The van der Waals surface area contributed by atoms with Crippen LogP contribution in [0.1, 0.15) is 49.6 Å². The molecule has 0 bridgehead atoms. The van der Waals surface area contributed by atoms with Crippen molar-refractivity contribution in [2.45, 2.75) is 58.6 Å². The number of ether oxygens (including phenoxy) is 2. The molecule has 2 aromatic carbocycles. The summed E-state index contributed by atoms with van der Waals surface area (Å²) in [5, 5.41) is 0. The summed E-state index contributed by atoms with van der Waals surface area (Å²) in [7, 11) is 0. The second kappa shape index (κ2) is 10.0. The van der Waals surface area contributed by atoms with Gasteiger partial charge in [-0.15, -0.1) is 11.3 Å². The summed E-state index contributed by atoms with van der Waals surface area (Å²) in [5.74, 6) is 0.832. The first kappa shape index (κ1) is 23.4. The molecule has 1 unspecified atom stereocenters. The van der Waals surface area contributed by atoms with Crippen molar-refractivity contribution < 1.29 is 14.3 Å². The molecular formula is C28H33NO3S. The van der Waals surface area contributed by atoms with Crippen LogP contribution in [-0.4, -0.2) is 35.8 Å². The maximum absolute atomic E-state index is 12.5. The van der Waals surface area contributed by atoms with Gasteiger partial charge >= 0.3 is 6.09 Å². The molecule has 1 aliphatic rings. The third kappa shape index (κ3) is 6.38. The molecule has 4 nitrogen and oxygen atoms in total. The van der Waals surface area contributed by atoms with E-state index in [1.54, 1.807) is 4.90 Å². The van der Waals surface area contributed by atoms with Crippen LogP contribution in [-0.2, 0) is 11.2 Å². The molecule has 174 valence electrons. The number of carbonyl (C=O) groups is 1. The fourth-order valence-electron chi connectivity index (χ4n) is 4.08. The minimum absolute atomic E-state index is 0.0603. The highest BCUT2D eigenvalue weighted by Crippen LogP contribution is 2.28. The van der Waals surface area contributed by atoms with Gasteiger partial charge in [-0.2, -0.15) is 0 Å². The minimum Gasteiger partial charge on any atom is -0.491 e. The number of amides is 1. The highest BCUT2D eigenvalue weighted by atomic mass is 32.1. The summed E-state index contributed by atoms with van der Waals surface area (Å²) in [6.07, 6.45) is 2.57. The van der Waals surface area contributed by atoms with Crippen molar-refractivity contribution in [1.82, 2.24) is 4.90 Å². The molecule has 2 heterocycles. The first-order valence-electron chi connectivity index (χ1n) is 11.6. The van der Waals surface area contributed by atoms with Crippen molar-refractivity contribution in [3.05, 3.63) is 76.7 Å². The van der Waals surface area contributed by atoms with Gasteiger partial charge in [0.25, 0.3) is 0 Å². The second-order valence-corrected chi connectivity index (χ2v) is 11.0. The number of carbonyl (C=O) groups excluding carboxylic acids is 1. The van der Waals surface area contributed by atoms with Crippen molar-refractivity contribution >= 4 is 17.4 Å². The molecule has 0 aliphatic carbocycles. The Balaban J connectivity index is 1.30. The zero-order valence-corrected chi connectivity index (χ0v) is 20.8. The maximum atomic E-state index is 12.5. The molecule has 5 heteroatoms. The van der Waals surface area contributed by atoms with E-state index in [2.05, 4.69) is 55.5 Å². The largest absolute Gasteiger partial charge is 0.491 e. The van der Waals surface area contributed by atoms with Crippen molar-refractivity contribution in [1.29, 1.82) is 0 Å². The lowest BCUT2D eigenvalue weighted by Crippen LogP contribution is -2.42. The molecule has 1 fully saturated rings. The van der Waals surface area contributed by atoms with Gasteiger partial charge in [-0.25, -0.2) is 4.79 Å². The van der Waals surface area contributed by atoms with Crippen molar-refractivity contribution in [3.63, 3.8) is 0 Å². The number of thiophene rings is 1. The van der Waals surface area contributed by atoms with Crippen molar-refractivity contribution in [2.75, 3.05) is 13.2 Å². The number of aryl methyl sites for hydroxylation is 1. The third-order valence-corrected chi connectivity index (χ3v) is 6.81. The molecular weight excluding hydrogens is 430 g/mol. The van der Waals surface area contributed by atoms with E-state index in [-0.39, 0.29) is 12.1 Å². The summed E-state index contributed by atoms with van der Waals surface area (Å²) in [4.78, 5) is 16.9. The average molecular weight is 464 g/mol. The number of likely N-dealkylation sites (tertiary alicyclic amines) is 1. The summed E-state index contributed by atoms with van der Waals surface area (Å²) in [6, 6.07) is 21.5. The number of hydrogen-bond acceptors (Lipinski definition) is 4. The Morgan fingerprint density at radius 2 is 1.67 bits per heavy atom. The predicted molar refractivity (Wildman–Crippen MR) is 135 cm³/mol. The molecule has 0 saturated carbocycles. The Morgan fingerprint density at radius 1 is 1.00 bits per heavy atom. The number of benzene rings is 2. The summed E-state index contributed by atoms with van der Waals surface area (Å²) < 4.78 is 11.6. The van der Waals surface area contributed by atoms with E-state index in [0.29, 0.717) is 6.61 Å². The molecule has 0 radical (unpaired) electrons. The van der Waals surface area contributed by atoms with Gasteiger partial charge in [0.15, 0.2) is 0 Å². The zero-order valence-electron chi connectivity index (χ0n) is 20.0. The standard InChI is InChI=1S/C28H33NO3S/c1-20-7-16-26(33-20)23-12-8-21(9-13-23)18-22-10-14-25(15-11-22)31-19-24-6-5-17-29(24)27(30)32-28(2,3)4/h7-16,24H,5-6,17-19H2,1-4H3. The fourth-order valence-corrected chi connectivity index (χ4v) is 4.95. The molecule has 0 spiro atoms. The van der Waals surface area contributed by atoms with Gasteiger partial charge in [0.2, 0.25) is 0 Å². The minimum atomic E-state index is -0.482. The van der Waals surface area contributed by atoms with Crippen LogP contribution in [0.15, 0.2) is 60.7 Å². The maximum Gasteiger partial charge on any atom is 0.410 e. The van der Waals surface area contributed by atoms with Gasteiger partial charge in [0, 0.05) is 16.3 Å². The lowest BCUT2D eigenvalue weighted by atomic mass is 10.0. The van der Waals surface area contributed by atoms with Crippen LogP contribution in [0.5, 0.6) is 5.75 Å². The molecule has 1 atom stereocenters. The highest BCUT2D eigenvalue weighted by Gasteiger charge is 2.32. The number of hydrogen-bond donors (Lipinski definition) is 0. The van der Waals surface area contributed by atoms with E-state index in [0.717, 1.165) is 31.6 Å². The fraction of sp³-hybridized carbons (Fsp3) is 0.393. The SMILES string of the molecule is Cc1ccc(-c2ccc(Cc3ccc(OCC4CCCN4C(=O)OC(C)(C)C)cc3)cc2)s1. The Bertz CT molecular complexity index is 1060. The summed E-state index contributed by atoms with van der Waals surface area (Å²) in [6.45, 7) is 9.04. The molecule has 1 aromatic heterocycles. The Hall–Kier alpha value is -2.79. The van der Waals surface area contributed by atoms with Crippen LogP contribution in [0.4, 0.5) is 4.79 Å². The van der Waals surface area contributed by atoms with Crippen LogP contribution in [0.3, 0.4) is 0 Å². The molecule has 4 rings (SSSR count). The highest BCUT2D eigenvalue weighted by molar-refractivity contribution is 7.15. The van der Waals surface area contributed by atoms with Gasteiger partial charge in [-0.3, -0.25) is 0 Å². The van der Waals surface area contributed by atoms with Crippen LogP contribution >= 0.6 is 11.3 Å². The Kier molecular flexibility index (Phi) is 7.08. The number of rotatable bonds is 6. The van der Waals surface area contributed by atoms with Crippen molar-refractivity contribution in [2.24, 2.45) is 0 Å². The van der Waals surface area contributed by atoms with Gasteiger partial charge in [0.1, 0.15) is 18.0 Å². The van der Waals surface area contributed by atoms with E-state index in [4.69, 9.17) is 9.47 Å². The topological polar surface area (TPSA) is 38.8 Å². The second-order valence-electron chi connectivity index (χ2n) is 9.71. The van der Waals surface area contributed by atoms with Crippen LogP contribution < -0.4 is 4.74 Å². The quantitative estimate of drug-likeness (QED) is 0.392. The van der Waals surface area contributed by atoms with E-state index in [1.807, 2.05) is 44.2 Å². The predicted octanol–water partition coefficient (Wildman–Crippen LogP) is 7.09. The third-order valence-electron chi connectivity index (χ3n) is 5.76. The Morgan fingerprint density at radius 3 is 2.27 bits per heavy atom. The van der Waals surface area contributed by atoms with E-state index in [9.17, 15) is 4.79 Å². The van der Waals surface area contributed by atoms with Crippen LogP contribution in [0.25, 0.3) is 10.4 Å². The summed E-state index contributed by atoms with van der Waals surface area (Å²) in [5.41, 5.74) is 3.33. The van der Waals surface area contributed by atoms with E-state index in [1.165, 1.54) is 26.4 Å². The van der Waals surface area contributed by atoms with Gasteiger partial charge in [-0.1, -0.05) is 36.4 Å². The van der Waals surface area contributed by atoms with Gasteiger partial charge in [-0.05, 0) is 87.9 Å². The average Bonchev–Trinajstić information content (AvgIpc) is 3.42. The smallest absolute Gasteiger partial charge is 0.410 e. The zero-order chi connectivity index (χ0) is 23.4. The first-order valence-corrected chi connectivity index (χ1v) is 12.5. The van der Waals surface area contributed by atoms with Crippen LogP contribution in [0, 0.1) is 6.92 Å². The number of nitrogens with zero attached hydrogens (tertiary/aromatic N) is 1. The van der Waals surface area contributed by atoms with Crippen LogP contribution in [0.2, 0.25) is 0 Å². The molecule has 1 aliphatic heterocycles. The normalized spacial score (nSPS) is 16.1.